The fourth-order valence-electron chi connectivity index (χ4n) is 6.62. The first-order chi connectivity index (χ1) is 19.5. The van der Waals surface area contributed by atoms with E-state index in [4.69, 9.17) is 23.7 Å². The fraction of sp³-hybridized carbons (Fsp3) is 0.613. The summed E-state index contributed by atoms with van der Waals surface area (Å²) in [6, 6.07) is 4.00. The van der Waals surface area contributed by atoms with Crippen molar-refractivity contribution in [3.63, 3.8) is 0 Å². The Hall–Kier alpha value is -3.08. The monoisotopic (exact) mass is 571 g/mol. The maximum Gasteiger partial charge on any atom is 0.339 e. The molecular formula is C31H41NO9. The number of allylic oxidation sites excluding steroid dienone is 1. The summed E-state index contributed by atoms with van der Waals surface area (Å²) in [5, 5.41) is 22.0. The van der Waals surface area contributed by atoms with Crippen LogP contribution in [0.15, 0.2) is 36.1 Å². The Bertz CT molecular complexity index is 1230. The quantitative estimate of drug-likeness (QED) is 0.320. The molecule has 1 aromatic rings. The molecule has 10 nitrogen and oxygen atoms in total. The van der Waals surface area contributed by atoms with Crippen molar-refractivity contribution in [1.82, 2.24) is 4.90 Å². The molecule has 1 saturated heterocycles. The molecule has 2 N–H and O–H groups in total. The summed E-state index contributed by atoms with van der Waals surface area (Å²) in [6.45, 7) is 6.86. The van der Waals surface area contributed by atoms with Gasteiger partial charge >= 0.3 is 11.9 Å². The van der Waals surface area contributed by atoms with Gasteiger partial charge in [-0.1, -0.05) is 12.2 Å². The third-order valence-corrected chi connectivity index (χ3v) is 8.74. The van der Waals surface area contributed by atoms with Gasteiger partial charge in [-0.15, -0.1) is 0 Å². The Morgan fingerprint density at radius 3 is 2.63 bits per heavy atom. The minimum absolute atomic E-state index is 0.0262. The third kappa shape index (κ3) is 5.69. The molecular weight excluding hydrogens is 530 g/mol. The van der Waals surface area contributed by atoms with Crippen LogP contribution in [-0.4, -0.2) is 83.5 Å². The number of methoxy groups -OCH3 is 1. The normalized spacial score (nSPS) is 26.4. The predicted molar refractivity (Wildman–Crippen MR) is 148 cm³/mol. The largest absolute Gasteiger partial charge is 0.497 e. The van der Waals surface area contributed by atoms with Crippen LogP contribution in [-0.2, 0) is 30.2 Å². The van der Waals surface area contributed by atoms with Gasteiger partial charge in [0.05, 0.1) is 30.6 Å². The average molecular weight is 572 g/mol. The summed E-state index contributed by atoms with van der Waals surface area (Å²) in [6.07, 6.45) is 6.52. The average Bonchev–Trinajstić information content (AvgIpc) is 3.61. The number of rotatable bonds is 10. The van der Waals surface area contributed by atoms with E-state index in [1.165, 1.54) is 0 Å². The van der Waals surface area contributed by atoms with E-state index >= 15 is 0 Å². The number of carbonyl (C=O) groups is 2. The molecule has 41 heavy (non-hydrogen) atoms. The Balaban J connectivity index is 1.49. The fourth-order valence-corrected chi connectivity index (χ4v) is 6.62. The first kappa shape index (κ1) is 29.4. The Labute approximate surface area is 240 Å². The van der Waals surface area contributed by atoms with Gasteiger partial charge in [0.25, 0.3) is 0 Å². The molecule has 10 heteroatoms. The molecule has 0 aromatic heterocycles. The summed E-state index contributed by atoms with van der Waals surface area (Å²) in [5.41, 5.74) is -1.74. The van der Waals surface area contributed by atoms with Crippen molar-refractivity contribution in [1.29, 1.82) is 0 Å². The second-order valence-corrected chi connectivity index (χ2v) is 12.1. The van der Waals surface area contributed by atoms with Gasteiger partial charge in [-0.05, 0) is 88.8 Å². The van der Waals surface area contributed by atoms with Gasteiger partial charge in [-0.2, -0.15) is 0 Å². The van der Waals surface area contributed by atoms with E-state index in [0.29, 0.717) is 17.3 Å². The number of ether oxygens (including phenoxy) is 5. The Morgan fingerprint density at radius 2 is 1.93 bits per heavy atom. The highest BCUT2D eigenvalue weighted by atomic mass is 16.7. The first-order valence-corrected chi connectivity index (χ1v) is 14.4. The molecule has 0 saturated carbocycles. The smallest absolute Gasteiger partial charge is 0.339 e. The van der Waals surface area contributed by atoms with Crippen LogP contribution in [0.1, 0.15) is 69.9 Å². The van der Waals surface area contributed by atoms with E-state index < -0.39 is 41.2 Å². The molecule has 1 aromatic carbocycles. The van der Waals surface area contributed by atoms with Crippen LogP contribution in [0.25, 0.3) is 0 Å². The Morgan fingerprint density at radius 1 is 1.17 bits per heavy atom. The van der Waals surface area contributed by atoms with Gasteiger partial charge in [0.2, 0.25) is 6.79 Å². The predicted octanol–water partition coefficient (Wildman–Crippen LogP) is 3.14. The highest BCUT2D eigenvalue weighted by Crippen LogP contribution is 2.55. The first-order valence-electron chi connectivity index (χ1n) is 14.4. The van der Waals surface area contributed by atoms with Gasteiger partial charge in [0, 0.05) is 6.54 Å². The van der Waals surface area contributed by atoms with Crippen molar-refractivity contribution in [3.8, 4) is 11.5 Å². The van der Waals surface area contributed by atoms with Gasteiger partial charge < -0.3 is 33.9 Å². The van der Waals surface area contributed by atoms with Gasteiger partial charge in [-0.3, -0.25) is 9.69 Å². The molecule has 0 bridgehead atoms. The van der Waals surface area contributed by atoms with Crippen molar-refractivity contribution >= 4 is 11.9 Å². The number of benzene rings is 1. The lowest BCUT2D eigenvalue weighted by Crippen LogP contribution is -2.49. The molecule has 3 heterocycles. The lowest BCUT2D eigenvalue weighted by atomic mass is 9.77. The van der Waals surface area contributed by atoms with Gasteiger partial charge in [-0.25, -0.2) is 4.79 Å². The van der Waals surface area contributed by atoms with Gasteiger partial charge in [0.1, 0.15) is 12.4 Å². The van der Waals surface area contributed by atoms with Crippen LogP contribution in [0.2, 0.25) is 0 Å². The van der Waals surface area contributed by atoms with Crippen molar-refractivity contribution in [2.45, 2.75) is 88.1 Å². The number of aliphatic hydroxyl groups is 2. The topological polar surface area (TPSA) is 124 Å². The number of fused-ring (bicyclic) bond motifs is 3. The second-order valence-electron chi connectivity index (χ2n) is 12.1. The van der Waals surface area contributed by atoms with E-state index in [0.717, 1.165) is 43.5 Å². The van der Waals surface area contributed by atoms with Crippen molar-refractivity contribution < 1.29 is 43.5 Å². The second kappa shape index (κ2) is 11.3. The van der Waals surface area contributed by atoms with Crippen LogP contribution in [0.5, 0.6) is 11.5 Å². The van der Waals surface area contributed by atoms with E-state index in [1.807, 2.05) is 12.1 Å². The zero-order valence-corrected chi connectivity index (χ0v) is 24.3. The summed E-state index contributed by atoms with van der Waals surface area (Å²) in [5.74, 6) is -0.169. The standard InChI is InChI=1S/C31H41NO9/c1-5-6-14-38-25(33)18-31(36,11-10-29(2,3)35)28(34)41-27-24(37-4)17-30-9-7-12-32(30)13-8-20-15-22-23(40-19-39-22)16-21(20)26(27)30/h5-6,15-17,26-27,35-36H,7-14,18-19H2,1-4H3/t26-,27?,30?,31-/m1/s1. The lowest BCUT2D eigenvalue weighted by Gasteiger charge is -2.39. The van der Waals surface area contributed by atoms with Crippen LogP contribution in [0.4, 0.5) is 0 Å². The molecule has 1 fully saturated rings. The zero-order chi connectivity index (χ0) is 29.4. The zero-order valence-electron chi connectivity index (χ0n) is 24.3. The number of hydrogen-bond donors (Lipinski definition) is 2. The summed E-state index contributed by atoms with van der Waals surface area (Å²) in [4.78, 5) is 29.0. The molecule has 2 unspecified atom stereocenters. The maximum absolute atomic E-state index is 13.9. The number of esters is 2. The van der Waals surface area contributed by atoms with Crippen LogP contribution in [0.3, 0.4) is 0 Å². The lowest BCUT2D eigenvalue weighted by molar-refractivity contribution is -0.179. The minimum Gasteiger partial charge on any atom is -0.497 e. The van der Waals surface area contributed by atoms with E-state index in [-0.39, 0.29) is 32.2 Å². The maximum atomic E-state index is 13.9. The number of carbonyl (C=O) groups excluding carboxylic acids is 2. The van der Waals surface area contributed by atoms with Crippen molar-refractivity contribution in [2.75, 3.05) is 33.6 Å². The van der Waals surface area contributed by atoms with Crippen molar-refractivity contribution in [2.24, 2.45) is 0 Å². The van der Waals surface area contributed by atoms with E-state index in [2.05, 4.69) is 11.0 Å². The van der Waals surface area contributed by atoms with Crippen LogP contribution < -0.4 is 9.47 Å². The van der Waals surface area contributed by atoms with E-state index in [1.54, 1.807) is 40.0 Å². The Kier molecular flexibility index (Phi) is 8.11. The molecule has 4 aliphatic rings. The van der Waals surface area contributed by atoms with Crippen LogP contribution >= 0.6 is 0 Å². The van der Waals surface area contributed by atoms with Crippen molar-refractivity contribution in [3.05, 3.63) is 47.2 Å². The molecule has 0 amide bonds. The molecule has 1 spiro atoms. The summed E-state index contributed by atoms with van der Waals surface area (Å²) in [7, 11) is 1.55. The molecule has 4 atom stereocenters. The SMILES string of the molecule is CC=CCOC(=O)C[C@](O)(CCC(C)(C)O)C(=O)OC1C(OC)=CC23CCCN2CCc2cc4c(cc2[C@H]13)OCO4. The highest BCUT2D eigenvalue weighted by molar-refractivity contribution is 5.86. The summed E-state index contributed by atoms with van der Waals surface area (Å²) >= 11 is 0. The van der Waals surface area contributed by atoms with E-state index in [9.17, 15) is 19.8 Å². The third-order valence-electron chi connectivity index (χ3n) is 8.74. The molecule has 1 aliphatic carbocycles. The highest BCUT2D eigenvalue weighted by Gasteiger charge is 2.59. The number of hydrogen-bond acceptors (Lipinski definition) is 10. The molecule has 224 valence electrons. The molecule has 3 aliphatic heterocycles. The minimum atomic E-state index is -2.21. The summed E-state index contributed by atoms with van der Waals surface area (Å²) < 4.78 is 28.6. The number of nitrogens with zero attached hydrogens (tertiary/aromatic N) is 1. The molecule has 5 rings (SSSR count). The van der Waals surface area contributed by atoms with Gasteiger partial charge in [0.15, 0.2) is 23.2 Å². The van der Waals surface area contributed by atoms with Crippen LogP contribution in [0, 0.1) is 0 Å². The molecule has 0 radical (unpaired) electrons.